The Balaban J connectivity index is 2.45. The van der Waals surface area contributed by atoms with E-state index in [-0.39, 0.29) is 0 Å². The van der Waals surface area contributed by atoms with E-state index in [0.29, 0.717) is 0 Å². The van der Waals surface area contributed by atoms with Crippen molar-refractivity contribution in [1.29, 1.82) is 0 Å². The molecule has 1 aliphatic rings. The van der Waals surface area contributed by atoms with E-state index in [9.17, 15) is 0 Å². The zero-order chi connectivity index (χ0) is 8.67. The molecule has 62 valence electrons. The maximum Gasteiger partial charge on any atom is 0.0708 e. The van der Waals surface area contributed by atoms with Gasteiger partial charge in [0.1, 0.15) is 0 Å². The van der Waals surface area contributed by atoms with Crippen LogP contribution < -0.4 is 0 Å². The van der Waals surface area contributed by atoms with Crippen molar-refractivity contribution < 1.29 is 0 Å². The van der Waals surface area contributed by atoms with E-state index in [1.54, 1.807) is 0 Å². The largest absolute Gasteiger partial charge is 0.256 e. The van der Waals surface area contributed by atoms with E-state index >= 15 is 0 Å². The van der Waals surface area contributed by atoms with E-state index in [4.69, 9.17) is 0 Å². The Labute approximate surface area is 79.7 Å². The number of thiol groups is 1. The van der Waals surface area contributed by atoms with Crippen molar-refractivity contribution in [3.8, 4) is 0 Å². The molecular formula is C11H7NS. The molecule has 0 amide bonds. The SMILES string of the molecule is C1=Cc2cc3ncccc3cc2[SH]=1. The van der Waals surface area contributed by atoms with Gasteiger partial charge < -0.3 is 0 Å². The summed E-state index contributed by atoms with van der Waals surface area (Å²) in [6.45, 7) is 0. The third-order valence-electron chi connectivity index (χ3n) is 2.16. The molecule has 3 rings (SSSR count). The minimum atomic E-state index is 1.07. The van der Waals surface area contributed by atoms with Gasteiger partial charge in [-0.15, -0.1) is 11.4 Å². The van der Waals surface area contributed by atoms with Crippen molar-refractivity contribution in [2.24, 2.45) is 0 Å². The molecule has 0 bridgehead atoms. The van der Waals surface area contributed by atoms with Crippen LogP contribution in [0.25, 0.3) is 17.0 Å². The van der Waals surface area contributed by atoms with Gasteiger partial charge >= 0.3 is 0 Å². The third-order valence-corrected chi connectivity index (χ3v) is 3.04. The third kappa shape index (κ3) is 1.04. The number of pyridine rings is 1. The molecule has 2 heteroatoms. The van der Waals surface area contributed by atoms with E-state index in [2.05, 4.69) is 28.2 Å². The van der Waals surface area contributed by atoms with Gasteiger partial charge in [0.15, 0.2) is 0 Å². The number of hydrogen-bond acceptors (Lipinski definition) is 1. The summed E-state index contributed by atoms with van der Waals surface area (Å²) in [5.74, 6) is 0. The van der Waals surface area contributed by atoms with Crippen molar-refractivity contribution in [2.45, 2.75) is 4.90 Å². The Bertz CT molecular complexity index is 505. The van der Waals surface area contributed by atoms with Crippen LogP contribution in [0.2, 0.25) is 0 Å². The highest BCUT2D eigenvalue weighted by atomic mass is 32.1. The molecule has 0 atom stereocenters. The lowest BCUT2D eigenvalue weighted by molar-refractivity contribution is 1.38. The second kappa shape index (κ2) is 2.56. The number of rotatable bonds is 0. The van der Waals surface area contributed by atoms with Crippen LogP contribution >= 0.6 is 11.4 Å². The summed E-state index contributed by atoms with van der Waals surface area (Å²) in [5.41, 5.74) is 2.32. The number of hydrogen-bond donors (Lipinski definition) is 1. The van der Waals surface area contributed by atoms with Crippen LogP contribution in [0.4, 0.5) is 0 Å². The summed E-state index contributed by atoms with van der Waals surface area (Å²) >= 11 is 1.18. The van der Waals surface area contributed by atoms with Gasteiger partial charge in [0, 0.05) is 16.5 Å². The Hall–Kier alpha value is -1.37. The lowest BCUT2D eigenvalue weighted by Gasteiger charge is -2.00. The second-order valence-corrected chi connectivity index (χ2v) is 3.96. The molecule has 1 aromatic carbocycles. The predicted octanol–water partition coefficient (Wildman–Crippen LogP) is 2.49. The topological polar surface area (TPSA) is 12.9 Å². The summed E-state index contributed by atoms with van der Waals surface area (Å²) < 4.78 is 0. The maximum absolute atomic E-state index is 4.31. The Morgan fingerprint density at radius 1 is 1.31 bits per heavy atom. The quantitative estimate of drug-likeness (QED) is 0.419. The van der Waals surface area contributed by atoms with Gasteiger partial charge in [-0.2, -0.15) is 0 Å². The molecule has 0 saturated carbocycles. The zero-order valence-corrected chi connectivity index (χ0v) is 7.75. The molecule has 1 nitrogen and oxygen atoms in total. The van der Waals surface area contributed by atoms with Gasteiger partial charge in [-0.3, -0.25) is 4.98 Å². The Kier molecular flexibility index (Phi) is 1.39. The number of nitrogens with zero attached hydrogens (tertiary/aromatic N) is 1. The molecule has 0 unspecified atom stereocenters. The average molecular weight is 185 g/mol. The molecule has 0 fully saturated rings. The fourth-order valence-corrected chi connectivity index (χ4v) is 2.31. The van der Waals surface area contributed by atoms with E-state index in [1.807, 2.05) is 18.3 Å². The first-order valence-electron chi connectivity index (χ1n) is 4.12. The zero-order valence-electron chi connectivity index (χ0n) is 6.86. The first-order chi connectivity index (χ1) is 6.43. The first-order valence-corrected chi connectivity index (χ1v) is 5.01. The van der Waals surface area contributed by atoms with Gasteiger partial charge in [0.05, 0.1) is 5.52 Å². The molecule has 0 radical (unpaired) electrons. The molecule has 0 N–H and O–H groups in total. The average Bonchev–Trinajstić information content (AvgIpc) is 2.61. The summed E-state index contributed by atoms with van der Waals surface area (Å²) in [6.07, 6.45) is 3.86. The molecule has 0 saturated heterocycles. The molecule has 0 aliphatic carbocycles. The molecule has 13 heavy (non-hydrogen) atoms. The van der Waals surface area contributed by atoms with Crippen LogP contribution in [0.15, 0.2) is 35.4 Å². The van der Waals surface area contributed by atoms with Gasteiger partial charge in [-0.05, 0) is 29.8 Å². The summed E-state index contributed by atoms with van der Waals surface area (Å²) in [7, 11) is 0. The van der Waals surface area contributed by atoms with Gasteiger partial charge in [-0.1, -0.05) is 11.1 Å². The highest BCUT2D eigenvalue weighted by molar-refractivity contribution is 7.97. The summed E-state index contributed by atoms with van der Waals surface area (Å²) in [4.78, 5) is 5.64. The summed E-state index contributed by atoms with van der Waals surface area (Å²) in [5, 5.41) is 4.40. The van der Waals surface area contributed by atoms with E-state index < -0.39 is 0 Å². The molecule has 1 aliphatic heterocycles. The van der Waals surface area contributed by atoms with Crippen LogP contribution in [0.3, 0.4) is 0 Å². The van der Waals surface area contributed by atoms with E-state index in [1.165, 1.54) is 27.2 Å². The van der Waals surface area contributed by atoms with Crippen molar-refractivity contribution in [1.82, 2.24) is 4.98 Å². The van der Waals surface area contributed by atoms with Crippen molar-refractivity contribution >= 4 is 33.4 Å². The first kappa shape index (κ1) is 7.07. The van der Waals surface area contributed by atoms with Crippen molar-refractivity contribution in [2.75, 3.05) is 0 Å². The highest BCUT2D eigenvalue weighted by Crippen LogP contribution is 2.26. The Morgan fingerprint density at radius 3 is 3.31 bits per heavy atom. The van der Waals surface area contributed by atoms with Gasteiger partial charge in [0.2, 0.25) is 0 Å². The minimum Gasteiger partial charge on any atom is -0.256 e. The standard InChI is InChI=1S/C11H7NS/c1-2-8-7-11-9(3-5-13-11)6-10(8)12-4-1/h1-4,6-7,13H. The highest BCUT2D eigenvalue weighted by Gasteiger charge is 2.03. The normalized spacial score (nSPS) is 12.9. The smallest absolute Gasteiger partial charge is 0.0708 e. The molecule has 2 heterocycles. The number of benzene rings is 1. The van der Waals surface area contributed by atoms with Crippen molar-refractivity contribution in [3.63, 3.8) is 0 Å². The lowest BCUT2D eigenvalue weighted by atomic mass is 10.1. The summed E-state index contributed by atoms with van der Waals surface area (Å²) in [6, 6.07) is 8.38. The number of fused-ring (bicyclic) bond motifs is 2. The maximum atomic E-state index is 4.31. The number of aromatic nitrogens is 1. The fourth-order valence-electron chi connectivity index (χ4n) is 1.51. The van der Waals surface area contributed by atoms with Crippen LogP contribution in [0.5, 0.6) is 0 Å². The van der Waals surface area contributed by atoms with Crippen LogP contribution in [-0.2, 0) is 0 Å². The van der Waals surface area contributed by atoms with Crippen molar-refractivity contribution in [3.05, 3.63) is 36.0 Å². The molecule has 2 aromatic rings. The van der Waals surface area contributed by atoms with Crippen LogP contribution in [-0.4, -0.2) is 10.0 Å². The molecular weight excluding hydrogens is 178 g/mol. The fraction of sp³-hybridized carbons (Fsp3) is 0. The lowest BCUT2D eigenvalue weighted by Crippen LogP contribution is -1.80. The monoisotopic (exact) mass is 185 g/mol. The molecule has 0 spiro atoms. The Morgan fingerprint density at radius 2 is 2.31 bits per heavy atom. The van der Waals surface area contributed by atoms with E-state index in [0.717, 1.165) is 5.52 Å². The van der Waals surface area contributed by atoms with Gasteiger partial charge in [0.25, 0.3) is 0 Å². The molecule has 1 aromatic heterocycles. The van der Waals surface area contributed by atoms with Crippen LogP contribution in [0.1, 0.15) is 5.56 Å². The van der Waals surface area contributed by atoms with Gasteiger partial charge in [-0.25, -0.2) is 0 Å². The minimum absolute atomic E-state index is 1.07. The predicted molar refractivity (Wildman–Crippen MR) is 58.5 cm³/mol. The second-order valence-electron chi connectivity index (χ2n) is 2.99. The van der Waals surface area contributed by atoms with Crippen LogP contribution in [0, 0.1) is 0 Å².